The van der Waals surface area contributed by atoms with Gasteiger partial charge in [0.05, 0.1) is 5.02 Å². The van der Waals surface area contributed by atoms with Crippen LogP contribution in [0, 0.1) is 5.92 Å². The number of nitrogens with one attached hydrogen (secondary N) is 1. The molecule has 1 N–H and O–H groups in total. The van der Waals surface area contributed by atoms with Crippen molar-refractivity contribution < 1.29 is 12.8 Å². The molecule has 2 aromatic carbocycles. The fourth-order valence-corrected chi connectivity index (χ4v) is 5.19. The van der Waals surface area contributed by atoms with Gasteiger partial charge in [-0.2, -0.15) is 4.98 Å². The van der Waals surface area contributed by atoms with E-state index in [2.05, 4.69) is 14.6 Å². The molecule has 0 aliphatic carbocycles. The summed E-state index contributed by atoms with van der Waals surface area (Å²) in [6, 6.07) is 12.7. The van der Waals surface area contributed by atoms with Crippen molar-refractivity contribution in [2.75, 3.05) is 24.5 Å². The summed E-state index contributed by atoms with van der Waals surface area (Å²) < 4.78 is 33.6. The summed E-state index contributed by atoms with van der Waals surface area (Å²) in [5, 5.41) is 0.485. The van der Waals surface area contributed by atoms with E-state index in [0.29, 0.717) is 17.6 Å². The first kappa shape index (κ1) is 19.5. The lowest BCUT2D eigenvalue weighted by molar-refractivity contribution is 0.387. The Morgan fingerprint density at radius 1 is 1.14 bits per heavy atom. The maximum atomic E-state index is 12.5. The van der Waals surface area contributed by atoms with Gasteiger partial charge in [-0.1, -0.05) is 35.3 Å². The molecule has 0 bridgehead atoms. The highest BCUT2D eigenvalue weighted by atomic mass is 35.5. The minimum Gasteiger partial charge on any atom is -0.423 e. The number of piperidine rings is 1. The van der Waals surface area contributed by atoms with E-state index >= 15 is 0 Å². The molecule has 1 aromatic heterocycles. The Kier molecular flexibility index (Phi) is 5.51. The van der Waals surface area contributed by atoms with E-state index in [-0.39, 0.29) is 15.8 Å². The predicted octanol–water partition coefficient (Wildman–Crippen LogP) is 4.33. The predicted molar refractivity (Wildman–Crippen MR) is 111 cm³/mol. The minimum atomic E-state index is -3.71. The largest absolute Gasteiger partial charge is 0.423 e. The second-order valence-corrected chi connectivity index (χ2v) is 9.40. The summed E-state index contributed by atoms with van der Waals surface area (Å²) in [5.41, 5.74) is 1.61. The molecule has 0 radical (unpaired) electrons. The summed E-state index contributed by atoms with van der Waals surface area (Å²) in [6.45, 7) is 1.88. The van der Waals surface area contributed by atoms with Crippen molar-refractivity contribution in [2.45, 2.75) is 17.7 Å². The molecule has 0 unspecified atom stereocenters. The average Bonchev–Trinajstić information content (AvgIpc) is 3.13. The van der Waals surface area contributed by atoms with Gasteiger partial charge in [-0.3, -0.25) is 0 Å². The quantitative estimate of drug-likeness (QED) is 0.639. The second-order valence-electron chi connectivity index (χ2n) is 6.82. The van der Waals surface area contributed by atoms with Gasteiger partial charge in [0.15, 0.2) is 5.58 Å². The average molecular weight is 440 g/mol. The third-order valence-corrected chi connectivity index (χ3v) is 7.05. The van der Waals surface area contributed by atoms with Gasteiger partial charge in [0.2, 0.25) is 10.0 Å². The monoisotopic (exact) mass is 439 g/mol. The zero-order valence-electron chi connectivity index (χ0n) is 14.9. The molecule has 0 saturated carbocycles. The van der Waals surface area contributed by atoms with Crippen LogP contribution in [0.3, 0.4) is 0 Å². The van der Waals surface area contributed by atoms with Gasteiger partial charge in [0, 0.05) is 24.7 Å². The van der Waals surface area contributed by atoms with Crippen LogP contribution in [0.25, 0.3) is 11.1 Å². The van der Waals surface area contributed by atoms with E-state index < -0.39 is 10.0 Å². The highest BCUT2D eigenvalue weighted by Crippen LogP contribution is 2.27. The number of anilines is 1. The lowest BCUT2D eigenvalue weighted by Crippen LogP contribution is -2.38. The maximum Gasteiger partial charge on any atom is 0.298 e. The SMILES string of the molecule is O=S(=O)(NCC1CCN(c2nc3ccccc3o2)CC1)c1cc(Cl)ccc1Cl. The molecule has 28 heavy (non-hydrogen) atoms. The summed E-state index contributed by atoms with van der Waals surface area (Å²) in [7, 11) is -3.71. The van der Waals surface area contributed by atoms with Gasteiger partial charge >= 0.3 is 0 Å². The normalized spacial score (nSPS) is 16.0. The number of sulfonamides is 1. The molecule has 0 spiro atoms. The van der Waals surface area contributed by atoms with Crippen molar-refractivity contribution >= 4 is 50.3 Å². The second kappa shape index (κ2) is 7.91. The zero-order chi connectivity index (χ0) is 19.7. The Bertz CT molecular complexity index is 1060. The lowest BCUT2D eigenvalue weighted by Gasteiger charge is -2.30. The molecule has 4 rings (SSSR count). The Morgan fingerprint density at radius 3 is 2.64 bits per heavy atom. The van der Waals surface area contributed by atoms with Crippen molar-refractivity contribution in [1.82, 2.24) is 9.71 Å². The summed E-state index contributed by atoms with van der Waals surface area (Å²) in [6.07, 6.45) is 1.68. The first-order valence-electron chi connectivity index (χ1n) is 8.97. The molecule has 3 aromatic rings. The number of halogens is 2. The van der Waals surface area contributed by atoms with Crippen molar-refractivity contribution in [3.05, 3.63) is 52.5 Å². The smallest absolute Gasteiger partial charge is 0.298 e. The van der Waals surface area contributed by atoms with Crippen LogP contribution in [0.1, 0.15) is 12.8 Å². The highest BCUT2D eigenvalue weighted by Gasteiger charge is 2.25. The van der Waals surface area contributed by atoms with E-state index in [1.54, 1.807) is 6.07 Å². The molecule has 1 aliphatic heterocycles. The molecule has 1 aliphatic rings. The summed E-state index contributed by atoms with van der Waals surface area (Å²) in [4.78, 5) is 6.63. The standard InChI is InChI=1S/C19H19Cl2N3O3S/c20-14-5-6-15(21)18(11-14)28(25,26)22-12-13-7-9-24(10-8-13)19-23-16-3-1-2-4-17(16)27-19/h1-6,11,13,22H,7-10,12H2. The molecule has 1 fully saturated rings. The van der Waals surface area contributed by atoms with Crippen LogP contribution in [0.15, 0.2) is 51.8 Å². The van der Waals surface area contributed by atoms with Crippen LogP contribution in [0.4, 0.5) is 6.01 Å². The summed E-state index contributed by atoms with van der Waals surface area (Å²) >= 11 is 11.9. The molecular weight excluding hydrogens is 421 g/mol. The molecule has 2 heterocycles. The van der Waals surface area contributed by atoms with Crippen molar-refractivity contribution in [3.63, 3.8) is 0 Å². The van der Waals surface area contributed by atoms with E-state index in [9.17, 15) is 8.42 Å². The van der Waals surface area contributed by atoms with Gasteiger partial charge in [-0.25, -0.2) is 13.1 Å². The van der Waals surface area contributed by atoms with Crippen molar-refractivity contribution in [1.29, 1.82) is 0 Å². The van der Waals surface area contributed by atoms with Crippen LogP contribution in [0.2, 0.25) is 10.0 Å². The molecule has 6 nitrogen and oxygen atoms in total. The van der Waals surface area contributed by atoms with Crippen LogP contribution in [0.5, 0.6) is 0 Å². The van der Waals surface area contributed by atoms with Crippen LogP contribution in [-0.2, 0) is 10.0 Å². The number of para-hydroxylation sites is 2. The van der Waals surface area contributed by atoms with Gasteiger partial charge in [-0.05, 0) is 49.1 Å². The van der Waals surface area contributed by atoms with Gasteiger partial charge < -0.3 is 9.32 Å². The Labute approximate surface area is 173 Å². The van der Waals surface area contributed by atoms with Crippen LogP contribution in [-0.4, -0.2) is 33.0 Å². The molecule has 0 amide bonds. The van der Waals surface area contributed by atoms with Gasteiger partial charge in [0.1, 0.15) is 10.4 Å². The first-order valence-corrected chi connectivity index (χ1v) is 11.2. The number of hydrogen-bond acceptors (Lipinski definition) is 5. The van der Waals surface area contributed by atoms with E-state index in [0.717, 1.165) is 37.0 Å². The van der Waals surface area contributed by atoms with Crippen molar-refractivity contribution in [2.24, 2.45) is 5.92 Å². The highest BCUT2D eigenvalue weighted by molar-refractivity contribution is 7.89. The zero-order valence-corrected chi connectivity index (χ0v) is 17.3. The van der Waals surface area contributed by atoms with E-state index in [1.165, 1.54) is 12.1 Å². The van der Waals surface area contributed by atoms with E-state index in [4.69, 9.17) is 27.6 Å². The number of aromatic nitrogens is 1. The fraction of sp³-hybridized carbons (Fsp3) is 0.316. The van der Waals surface area contributed by atoms with Gasteiger partial charge in [0.25, 0.3) is 6.01 Å². The number of fused-ring (bicyclic) bond motifs is 1. The van der Waals surface area contributed by atoms with Gasteiger partial charge in [-0.15, -0.1) is 0 Å². The minimum absolute atomic E-state index is 0.00517. The molecule has 1 saturated heterocycles. The Balaban J connectivity index is 1.36. The molecule has 148 valence electrons. The Morgan fingerprint density at radius 2 is 1.89 bits per heavy atom. The Hall–Kier alpha value is -1.80. The molecule has 9 heteroatoms. The van der Waals surface area contributed by atoms with Crippen molar-refractivity contribution in [3.8, 4) is 0 Å². The fourth-order valence-electron chi connectivity index (χ4n) is 3.31. The van der Waals surface area contributed by atoms with Crippen LogP contribution < -0.4 is 9.62 Å². The first-order chi connectivity index (χ1) is 13.4. The third-order valence-electron chi connectivity index (χ3n) is 4.91. The lowest BCUT2D eigenvalue weighted by atomic mass is 9.97. The maximum absolute atomic E-state index is 12.5. The molecular formula is C19H19Cl2N3O3S. The van der Waals surface area contributed by atoms with E-state index in [1.807, 2.05) is 24.3 Å². The number of nitrogens with zero attached hydrogens (tertiary/aromatic N) is 2. The molecule has 0 atom stereocenters. The number of hydrogen-bond donors (Lipinski definition) is 1. The number of rotatable bonds is 5. The summed E-state index contributed by atoms with van der Waals surface area (Å²) in [5.74, 6) is 0.230. The number of oxazole rings is 1. The van der Waals surface area contributed by atoms with Crippen LogP contribution >= 0.6 is 23.2 Å². The number of benzene rings is 2. The topological polar surface area (TPSA) is 75.4 Å². The third kappa shape index (κ3) is 4.12.